The number of piperidine rings is 1. The minimum atomic E-state index is -0.0297. The zero-order valence-corrected chi connectivity index (χ0v) is 16.1. The van der Waals surface area contributed by atoms with Gasteiger partial charge in [-0.3, -0.25) is 14.5 Å². The predicted molar refractivity (Wildman–Crippen MR) is 107 cm³/mol. The molecule has 8 nitrogen and oxygen atoms in total. The molecule has 1 saturated heterocycles. The van der Waals surface area contributed by atoms with Gasteiger partial charge in [-0.25, -0.2) is 9.50 Å². The first kappa shape index (κ1) is 17.5. The minimum Gasteiger partial charge on any atom is -0.337 e. The average molecular weight is 387 g/mol. The number of nitrogens with zero attached hydrogens (tertiary/aromatic N) is 7. The Morgan fingerprint density at radius 3 is 2.86 bits per heavy atom. The van der Waals surface area contributed by atoms with Crippen LogP contribution in [0, 0.1) is 0 Å². The molecule has 4 aromatic heterocycles. The van der Waals surface area contributed by atoms with Crippen LogP contribution in [0.2, 0.25) is 0 Å². The van der Waals surface area contributed by atoms with Crippen LogP contribution in [0.3, 0.4) is 0 Å². The van der Waals surface area contributed by atoms with Crippen molar-refractivity contribution in [1.29, 1.82) is 0 Å². The summed E-state index contributed by atoms with van der Waals surface area (Å²) in [5.41, 5.74) is 3.37. The Morgan fingerprint density at radius 1 is 1.14 bits per heavy atom. The topological polar surface area (TPSA) is 81.2 Å². The van der Waals surface area contributed by atoms with Gasteiger partial charge in [-0.15, -0.1) is 0 Å². The molecule has 5 rings (SSSR count). The zero-order chi connectivity index (χ0) is 19.8. The molecule has 1 aliphatic rings. The summed E-state index contributed by atoms with van der Waals surface area (Å²) in [6.45, 7) is 1.35. The maximum absolute atomic E-state index is 12.8. The molecule has 4 aromatic rings. The predicted octanol–water partition coefficient (Wildman–Crippen LogP) is 2.54. The number of aryl methyl sites for hydroxylation is 1. The molecular weight excluding hydrogens is 366 g/mol. The summed E-state index contributed by atoms with van der Waals surface area (Å²) >= 11 is 0. The average Bonchev–Trinajstić information content (AvgIpc) is 3.39. The van der Waals surface area contributed by atoms with E-state index in [1.165, 1.54) is 0 Å². The van der Waals surface area contributed by atoms with E-state index in [4.69, 9.17) is 10.1 Å². The molecule has 1 aliphatic heterocycles. The third-order valence-electron chi connectivity index (χ3n) is 5.35. The van der Waals surface area contributed by atoms with Crippen LogP contribution in [-0.4, -0.2) is 53.3 Å². The van der Waals surface area contributed by atoms with Gasteiger partial charge in [0.2, 0.25) is 0 Å². The summed E-state index contributed by atoms with van der Waals surface area (Å²) in [6, 6.07) is 9.70. The van der Waals surface area contributed by atoms with Crippen LogP contribution in [0.15, 0.2) is 55.1 Å². The van der Waals surface area contributed by atoms with Crippen molar-refractivity contribution >= 4 is 11.6 Å². The van der Waals surface area contributed by atoms with Gasteiger partial charge in [-0.2, -0.15) is 10.2 Å². The van der Waals surface area contributed by atoms with E-state index in [-0.39, 0.29) is 11.8 Å². The van der Waals surface area contributed by atoms with Crippen molar-refractivity contribution in [2.45, 2.75) is 18.8 Å². The van der Waals surface area contributed by atoms with E-state index in [2.05, 4.69) is 10.1 Å². The van der Waals surface area contributed by atoms with E-state index in [1.54, 1.807) is 23.1 Å². The van der Waals surface area contributed by atoms with Crippen LogP contribution in [0.4, 0.5) is 0 Å². The van der Waals surface area contributed by atoms with E-state index in [9.17, 15) is 4.79 Å². The molecule has 0 aliphatic carbocycles. The Balaban J connectivity index is 1.39. The smallest absolute Gasteiger partial charge is 0.274 e. The number of rotatable bonds is 3. The highest BCUT2D eigenvalue weighted by molar-refractivity contribution is 5.92. The van der Waals surface area contributed by atoms with Gasteiger partial charge in [0.1, 0.15) is 5.69 Å². The summed E-state index contributed by atoms with van der Waals surface area (Å²) in [5.74, 6) is 0.878. The molecule has 0 spiro atoms. The largest absolute Gasteiger partial charge is 0.337 e. The normalized spacial score (nSPS) is 17.0. The molecule has 146 valence electrons. The number of carbonyl (C=O) groups excluding carboxylic acids is 1. The number of carbonyl (C=O) groups is 1. The fourth-order valence-electron chi connectivity index (χ4n) is 3.84. The van der Waals surface area contributed by atoms with Gasteiger partial charge in [0.15, 0.2) is 11.5 Å². The third-order valence-corrected chi connectivity index (χ3v) is 5.35. The lowest BCUT2D eigenvalue weighted by Gasteiger charge is -2.30. The van der Waals surface area contributed by atoms with Crippen molar-refractivity contribution < 1.29 is 4.79 Å². The van der Waals surface area contributed by atoms with Crippen molar-refractivity contribution in [3.05, 3.63) is 66.6 Å². The van der Waals surface area contributed by atoms with Gasteiger partial charge in [0.05, 0.1) is 0 Å². The van der Waals surface area contributed by atoms with Crippen molar-refractivity contribution in [3.8, 4) is 11.1 Å². The highest BCUT2D eigenvalue weighted by Gasteiger charge is 2.29. The van der Waals surface area contributed by atoms with Crippen molar-refractivity contribution in [1.82, 2.24) is 34.3 Å². The summed E-state index contributed by atoms with van der Waals surface area (Å²) in [7, 11) is 1.82. The Kier molecular flexibility index (Phi) is 4.31. The third kappa shape index (κ3) is 3.37. The Labute approximate surface area is 167 Å². The van der Waals surface area contributed by atoms with Crippen LogP contribution < -0.4 is 0 Å². The standard InChI is InChI=1S/C21H21N7O/c1-26-11-8-18(24-26)21(29)27-10-3-5-17(13-27)20-23-19-7-6-16(14-28(19)25-20)15-4-2-9-22-12-15/h2,4,6-9,11-12,14,17H,3,5,10,13H2,1H3/t17-/m0/s1. The van der Waals surface area contributed by atoms with Crippen LogP contribution in [0.5, 0.6) is 0 Å². The van der Waals surface area contributed by atoms with Crippen molar-refractivity contribution in [3.63, 3.8) is 0 Å². The highest BCUT2D eigenvalue weighted by atomic mass is 16.2. The Hall–Kier alpha value is -3.55. The molecule has 1 amide bonds. The maximum atomic E-state index is 12.8. The number of fused-ring (bicyclic) bond motifs is 1. The van der Waals surface area contributed by atoms with Gasteiger partial charge < -0.3 is 4.90 Å². The number of amides is 1. The van der Waals surface area contributed by atoms with E-state index < -0.39 is 0 Å². The molecular formula is C21H21N7O. The molecule has 1 fully saturated rings. The second-order valence-electron chi connectivity index (χ2n) is 7.40. The summed E-state index contributed by atoms with van der Waals surface area (Å²) in [4.78, 5) is 23.5. The second-order valence-corrected chi connectivity index (χ2v) is 7.40. The quantitative estimate of drug-likeness (QED) is 0.540. The minimum absolute atomic E-state index is 0.0297. The Morgan fingerprint density at radius 2 is 2.07 bits per heavy atom. The van der Waals surface area contributed by atoms with Gasteiger partial charge in [0, 0.05) is 62.0 Å². The van der Waals surface area contributed by atoms with Crippen molar-refractivity contribution in [2.75, 3.05) is 13.1 Å². The molecule has 0 aromatic carbocycles. The van der Waals surface area contributed by atoms with E-state index in [0.29, 0.717) is 12.2 Å². The first-order chi connectivity index (χ1) is 14.2. The maximum Gasteiger partial charge on any atom is 0.274 e. The number of likely N-dealkylation sites (tertiary alicyclic amines) is 1. The van der Waals surface area contributed by atoms with Crippen LogP contribution in [-0.2, 0) is 7.05 Å². The monoisotopic (exact) mass is 387 g/mol. The Bertz CT molecular complexity index is 1160. The van der Waals surface area contributed by atoms with Crippen LogP contribution in [0.1, 0.15) is 35.1 Å². The van der Waals surface area contributed by atoms with E-state index in [1.807, 2.05) is 53.1 Å². The number of pyridine rings is 2. The molecule has 0 N–H and O–H groups in total. The fraction of sp³-hybridized carbons (Fsp3) is 0.286. The number of aromatic nitrogens is 6. The van der Waals surface area contributed by atoms with Gasteiger partial charge in [-0.1, -0.05) is 6.07 Å². The van der Waals surface area contributed by atoms with Gasteiger partial charge in [-0.05, 0) is 37.1 Å². The van der Waals surface area contributed by atoms with Gasteiger partial charge >= 0.3 is 0 Å². The molecule has 0 bridgehead atoms. The van der Waals surface area contributed by atoms with Gasteiger partial charge in [0.25, 0.3) is 5.91 Å². The molecule has 0 saturated carbocycles. The molecule has 29 heavy (non-hydrogen) atoms. The second kappa shape index (κ2) is 7.12. The lowest BCUT2D eigenvalue weighted by molar-refractivity contribution is 0.0698. The lowest BCUT2D eigenvalue weighted by atomic mass is 9.97. The molecule has 0 unspecified atom stereocenters. The SMILES string of the molecule is Cn1ccc(C(=O)N2CCC[C@H](c3nc4ccc(-c5cccnc5)cn4n3)C2)n1. The first-order valence-electron chi connectivity index (χ1n) is 9.73. The first-order valence-corrected chi connectivity index (χ1v) is 9.73. The molecule has 8 heteroatoms. The van der Waals surface area contributed by atoms with Crippen LogP contribution >= 0.6 is 0 Å². The zero-order valence-electron chi connectivity index (χ0n) is 16.1. The lowest BCUT2D eigenvalue weighted by Crippen LogP contribution is -2.39. The molecule has 1 atom stereocenters. The van der Waals surface area contributed by atoms with Crippen LogP contribution in [0.25, 0.3) is 16.8 Å². The number of hydrogen-bond acceptors (Lipinski definition) is 5. The molecule has 0 radical (unpaired) electrons. The summed E-state index contributed by atoms with van der Waals surface area (Å²) in [5, 5.41) is 8.96. The summed E-state index contributed by atoms with van der Waals surface area (Å²) in [6.07, 6.45) is 9.26. The van der Waals surface area contributed by atoms with E-state index in [0.717, 1.165) is 42.0 Å². The highest BCUT2D eigenvalue weighted by Crippen LogP contribution is 2.26. The summed E-state index contributed by atoms with van der Waals surface area (Å²) < 4.78 is 3.47. The van der Waals surface area contributed by atoms with Crippen molar-refractivity contribution in [2.24, 2.45) is 7.05 Å². The molecule has 5 heterocycles. The fourth-order valence-corrected chi connectivity index (χ4v) is 3.84. The number of hydrogen-bond donors (Lipinski definition) is 0. The van der Waals surface area contributed by atoms with E-state index >= 15 is 0 Å².